The molecule has 0 bridgehead atoms. The second-order valence-corrected chi connectivity index (χ2v) is 8.27. The molecular formula is C25H19FN4O2S. The highest BCUT2D eigenvalue weighted by atomic mass is 32.2. The summed E-state index contributed by atoms with van der Waals surface area (Å²) in [6.45, 7) is 0.531. The van der Waals surface area contributed by atoms with Crippen molar-refractivity contribution >= 4 is 34.6 Å². The molecule has 164 valence electrons. The van der Waals surface area contributed by atoms with Gasteiger partial charge < -0.3 is 14.3 Å². The average Bonchev–Trinajstić information content (AvgIpc) is 3.43. The lowest BCUT2D eigenvalue weighted by Crippen LogP contribution is -2.17. The van der Waals surface area contributed by atoms with Crippen molar-refractivity contribution in [3.63, 3.8) is 0 Å². The van der Waals surface area contributed by atoms with E-state index in [0.717, 1.165) is 11.1 Å². The van der Waals surface area contributed by atoms with Gasteiger partial charge in [-0.1, -0.05) is 54.2 Å². The quantitative estimate of drug-likeness (QED) is 0.321. The first-order chi connectivity index (χ1) is 16.2. The monoisotopic (exact) mass is 458 g/mol. The zero-order chi connectivity index (χ0) is 22.6. The number of halogens is 1. The smallest absolute Gasteiger partial charge is 0.257 e. The van der Waals surface area contributed by atoms with Gasteiger partial charge in [-0.05, 0) is 42.0 Å². The van der Waals surface area contributed by atoms with Crippen molar-refractivity contribution in [2.75, 3.05) is 11.1 Å². The second kappa shape index (κ2) is 9.30. The average molecular weight is 459 g/mol. The molecule has 3 aromatic carbocycles. The third kappa shape index (κ3) is 4.80. The molecule has 0 aliphatic rings. The maximum absolute atomic E-state index is 13.4. The maximum atomic E-state index is 13.4. The Bertz CT molecular complexity index is 1360. The maximum Gasteiger partial charge on any atom is 0.257 e. The molecule has 0 unspecified atom stereocenters. The Morgan fingerprint density at radius 1 is 1.00 bits per heavy atom. The highest BCUT2D eigenvalue weighted by Gasteiger charge is 2.17. The molecule has 1 N–H and O–H groups in total. The molecule has 0 aliphatic heterocycles. The highest BCUT2D eigenvalue weighted by Crippen LogP contribution is 2.29. The van der Waals surface area contributed by atoms with Crippen molar-refractivity contribution in [2.45, 2.75) is 11.8 Å². The third-order valence-corrected chi connectivity index (χ3v) is 5.84. The van der Waals surface area contributed by atoms with Crippen LogP contribution in [0, 0.1) is 5.82 Å². The number of amides is 1. The number of fused-ring (bicyclic) bond motifs is 1. The molecule has 1 amide bonds. The van der Waals surface area contributed by atoms with Crippen LogP contribution in [0.4, 0.5) is 10.2 Å². The van der Waals surface area contributed by atoms with Gasteiger partial charge in [-0.25, -0.2) is 14.4 Å². The molecule has 6 nitrogen and oxygen atoms in total. The number of hydrogen-bond donors (Lipinski definition) is 1. The molecule has 0 saturated heterocycles. The van der Waals surface area contributed by atoms with Crippen molar-refractivity contribution in [2.24, 2.45) is 0 Å². The van der Waals surface area contributed by atoms with E-state index in [4.69, 9.17) is 4.42 Å². The van der Waals surface area contributed by atoms with E-state index in [-0.39, 0.29) is 17.5 Å². The van der Waals surface area contributed by atoms with Crippen molar-refractivity contribution in [3.05, 3.63) is 96.6 Å². The lowest BCUT2D eigenvalue weighted by molar-refractivity contribution is -0.113. The minimum absolute atomic E-state index is 0.117. The van der Waals surface area contributed by atoms with Gasteiger partial charge in [-0.3, -0.25) is 4.79 Å². The van der Waals surface area contributed by atoms with E-state index >= 15 is 0 Å². The molecule has 0 radical (unpaired) electrons. The van der Waals surface area contributed by atoms with Crippen molar-refractivity contribution < 1.29 is 13.6 Å². The third-order valence-electron chi connectivity index (χ3n) is 5.01. The number of nitrogens with zero attached hydrogens (tertiary/aromatic N) is 3. The summed E-state index contributed by atoms with van der Waals surface area (Å²) < 4.78 is 21.0. The number of anilines is 1. The molecular weight excluding hydrogens is 439 g/mol. The van der Waals surface area contributed by atoms with Gasteiger partial charge in [0.25, 0.3) is 5.22 Å². The summed E-state index contributed by atoms with van der Waals surface area (Å²) >= 11 is 1.22. The van der Waals surface area contributed by atoms with Crippen LogP contribution < -0.4 is 5.32 Å². The molecule has 5 aromatic rings. The molecule has 0 saturated carbocycles. The van der Waals surface area contributed by atoms with Gasteiger partial charge in [-0.15, -0.1) is 0 Å². The Labute approximate surface area is 193 Å². The van der Waals surface area contributed by atoms with Crippen LogP contribution in [0.1, 0.15) is 5.56 Å². The summed E-state index contributed by atoms with van der Waals surface area (Å²) in [6.07, 6.45) is 1.68. The predicted octanol–water partition coefficient (Wildman–Crippen LogP) is 5.61. The van der Waals surface area contributed by atoms with Crippen molar-refractivity contribution in [1.82, 2.24) is 14.5 Å². The lowest BCUT2D eigenvalue weighted by atomic mass is 10.1. The Kier molecular flexibility index (Phi) is 5.91. The normalized spacial score (nSPS) is 11.1. The number of oxazole rings is 1. The summed E-state index contributed by atoms with van der Waals surface area (Å²) in [4.78, 5) is 21.7. The Balaban J connectivity index is 1.37. The first kappa shape index (κ1) is 21.0. The number of nitrogens with one attached hydrogen (secondary N) is 1. The molecule has 0 atom stereocenters. The zero-order valence-electron chi connectivity index (χ0n) is 17.4. The van der Waals surface area contributed by atoms with Crippen molar-refractivity contribution in [1.29, 1.82) is 0 Å². The summed E-state index contributed by atoms with van der Waals surface area (Å²) in [5, 5.41) is 3.41. The zero-order valence-corrected chi connectivity index (χ0v) is 18.3. The number of carbonyl (C=O) groups excluding carboxylic acids is 1. The SMILES string of the molecule is O=C(CSc1nc2ccccc2o1)Nc1c(-c2ccc(F)cc2)ncn1Cc1ccccc1. The lowest BCUT2D eigenvalue weighted by Gasteiger charge is -2.12. The molecule has 0 spiro atoms. The molecule has 5 rings (SSSR count). The van der Waals surface area contributed by atoms with Crippen molar-refractivity contribution in [3.8, 4) is 11.3 Å². The van der Waals surface area contributed by atoms with Gasteiger partial charge in [-0.2, -0.15) is 0 Å². The fourth-order valence-corrected chi connectivity index (χ4v) is 4.08. The standard InChI is InChI=1S/C25H19FN4O2S/c26-19-12-10-18(11-13-19)23-24(30(16-27-23)14-17-6-2-1-3-7-17)29-22(31)15-33-25-28-20-8-4-5-9-21(20)32-25/h1-13,16H,14-15H2,(H,29,31). The van der Waals surface area contributed by atoms with Gasteiger partial charge in [0.05, 0.1) is 18.6 Å². The van der Waals surface area contributed by atoms with E-state index in [9.17, 15) is 9.18 Å². The largest absolute Gasteiger partial charge is 0.431 e. The van der Waals surface area contributed by atoms with Crippen LogP contribution in [0.25, 0.3) is 22.4 Å². The van der Waals surface area contributed by atoms with Gasteiger partial charge in [0.15, 0.2) is 5.58 Å². The summed E-state index contributed by atoms with van der Waals surface area (Å²) in [7, 11) is 0. The number of hydrogen-bond acceptors (Lipinski definition) is 5. The van der Waals surface area contributed by atoms with Crippen LogP contribution in [-0.2, 0) is 11.3 Å². The van der Waals surface area contributed by atoms with E-state index in [2.05, 4.69) is 15.3 Å². The molecule has 0 fully saturated rings. The van der Waals surface area contributed by atoms with E-state index in [1.807, 2.05) is 59.2 Å². The minimum atomic E-state index is -0.331. The Morgan fingerprint density at radius 2 is 1.76 bits per heavy atom. The van der Waals surface area contributed by atoms with E-state index in [0.29, 0.717) is 34.4 Å². The second-order valence-electron chi connectivity index (χ2n) is 7.35. The number of imidazole rings is 1. The topological polar surface area (TPSA) is 73.0 Å². The Morgan fingerprint density at radius 3 is 2.55 bits per heavy atom. The van der Waals surface area contributed by atoms with Gasteiger partial charge in [0.2, 0.25) is 5.91 Å². The van der Waals surface area contributed by atoms with Crippen LogP contribution in [0.2, 0.25) is 0 Å². The first-order valence-corrected chi connectivity index (χ1v) is 11.3. The van der Waals surface area contributed by atoms with E-state index in [1.165, 1.54) is 23.9 Å². The number of rotatable bonds is 7. The van der Waals surface area contributed by atoms with Crippen LogP contribution in [-0.4, -0.2) is 26.2 Å². The summed E-state index contributed by atoms with van der Waals surface area (Å²) in [5.74, 6) is 0.114. The number of benzene rings is 3. The first-order valence-electron chi connectivity index (χ1n) is 10.3. The van der Waals surface area contributed by atoms with Crippen LogP contribution >= 0.6 is 11.8 Å². The van der Waals surface area contributed by atoms with Gasteiger partial charge >= 0.3 is 0 Å². The molecule has 33 heavy (non-hydrogen) atoms. The van der Waals surface area contributed by atoms with Gasteiger partial charge in [0.1, 0.15) is 22.8 Å². The highest BCUT2D eigenvalue weighted by molar-refractivity contribution is 7.99. The molecule has 8 heteroatoms. The fraction of sp³-hybridized carbons (Fsp3) is 0.0800. The fourth-order valence-electron chi connectivity index (χ4n) is 3.44. The minimum Gasteiger partial charge on any atom is -0.431 e. The van der Waals surface area contributed by atoms with Crippen LogP contribution in [0.5, 0.6) is 0 Å². The van der Waals surface area contributed by atoms with E-state index < -0.39 is 0 Å². The molecule has 0 aliphatic carbocycles. The Hall–Kier alpha value is -3.91. The number of thioether (sulfide) groups is 1. The summed E-state index contributed by atoms with van der Waals surface area (Å²) in [6, 6.07) is 23.4. The number of aromatic nitrogens is 3. The van der Waals surface area contributed by atoms with Gasteiger partial charge in [0, 0.05) is 5.56 Å². The molecule has 2 aromatic heterocycles. The summed E-state index contributed by atoms with van der Waals surface area (Å²) in [5.41, 5.74) is 3.79. The number of para-hydroxylation sites is 2. The number of carbonyl (C=O) groups is 1. The van der Waals surface area contributed by atoms with E-state index in [1.54, 1.807) is 18.5 Å². The van der Waals surface area contributed by atoms with Crippen LogP contribution in [0.15, 0.2) is 94.8 Å². The predicted molar refractivity (Wildman–Crippen MR) is 127 cm³/mol. The molecule has 2 heterocycles. The van der Waals surface area contributed by atoms with Crippen LogP contribution in [0.3, 0.4) is 0 Å².